The van der Waals surface area contributed by atoms with Crippen molar-refractivity contribution in [1.82, 2.24) is 15.1 Å². The van der Waals surface area contributed by atoms with Crippen LogP contribution in [0.3, 0.4) is 0 Å². The van der Waals surface area contributed by atoms with Crippen molar-refractivity contribution in [3.8, 4) is 0 Å². The molecule has 0 saturated carbocycles. The van der Waals surface area contributed by atoms with Crippen molar-refractivity contribution in [2.24, 2.45) is 0 Å². The Bertz CT molecular complexity index is 381. The third kappa shape index (κ3) is 3.01. The monoisotopic (exact) mass is 285 g/mol. The summed E-state index contributed by atoms with van der Waals surface area (Å²) in [5.74, 6) is 0.00861. The Morgan fingerprint density at radius 1 is 1.50 bits per heavy atom. The van der Waals surface area contributed by atoms with Crippen molar-refractivity contribution < 1.29 is 4.79 Å². The van der Waals surface area contributed by atoms with E-state index < -0.39 is 0 Å². The lowest BCUT2D eigenvalue weighted by molar-refractivity contribution is 0.0802. The summed E-state index contributed by atoms with van der Waals surface area (Å²) in [6.07, 6.45) is 0.719. The maximum Gasteiger partial charge on any atom is 0.255 e. The Morgan fingerprint density at radius 2 is 2.19 bits per heavy atom. The molecule has 1 rings (SSSR count). The Morgan fingerprint density at radius 3 is 2.75 bits per heavy atom. The molecule has 0 spiro atoms. The molecule has 0 atom stereocenters. The number of carbonyl (C=O) groups excluding carboxylic acids is 1. The molecule has 0 N–H and O–H groups in total. The van der Waals surface area contributed by atoms with E-state index in [-0.39, 0.29) is 5.91 Å². The molecule has 0 radical (unpaired) electrons. The highest BCUT2D eigenvalue weighted by Gasteiger charge is 2.16. The zero-order valence-corrected chi connectivity index (χ0v) is 11.4. The average molecular weight is 286 g/mol. The van der Waals surface area contributed by atoms with Gasteiger partial charge in [-0.3, -0.25) is 4.79 Å². The van der Waals surface area contributed by atoms with Crippen LogP contribution in [0.1, 0.15) is 28.7 Å². The predicted molar refractivity (Wildman–Crippen MR) is 66.9 cm³/mol. The highest BCUT2D eigenvalue weighted by molar-refractivity contribution is 9.09. The van der Waals surface area contributed by atoms with Crippen molar-refractivity contribution in [1.29, 1.82) is 0 Å². The van der Waals surface area contributed by atoms with Gasteiger partial charge in [0.25, 0.3) is 5.91 Å². The lowest BCUT2D eigenvalue weighted by Gasteiger charge is -2.17. The Kier molecular flexibility index (Phi) is 4.86. The van der Waals surface area contributed by atoms with Gasteiger partial charge in [0.1, 0.15) is 0 Å². The van der Waals surface area contributed by atoms with E-state index >= 15 is 0 Å². The molecule has 5 heteroatoms. The van der Waals surface area contributed by atoms with Crippen LogP contribution in [0.2, 0.25) is 0 Å². The molecule has 0 aliphatic carbocycles. The maximum absolute atomic E-state index is 12.1. The maximum atomic E-state index is 12.1. The van der Waals surface area contributed by atoms with Gasteiger partial charge >= 0.3 is 0 Å². The smallest absolute Gasteiger partial charge is 0.255 e. The summed E-state index contributed by atoms with van der Waals surface area (Å²) < 4.78 is 0. The third-order valence-corrected chi connectivity index (χ3v) is 2.68. The van der Waals surface area contributed by atoms with Crippen molar-refractivity contribution in [2.75, 3.05) is 18.9 Å². The molecular weight excluding hydrogens is 270 g/mol. The minimum absolute atomic E-state index is 0.00861. The highest BCUT2D eigenvalue weighted by atomic mass is 79.9. The van der Waals surface area contributed by atoms with Gasteiger partial charge in [0.05, 0.1) is 17.0 Å². The quantitative estimate of drug-likeness (QED) is 0.793. The fraction of sp³-hybridized carbons (Fsp3) is 0.545. The van der Waals surface area contributed by atoms with Crippen LogP contribution in [0.4, 0.5) is 0 Å². The van der Waals surface area contributed by atoms with Crippen LogP contribution in [-0.4, -0.2) is 39.9 Å². The first kappa shape index (κ1) is 13.1. The van der Waals surface area contributed by atoms with E-state index in [1.807, 2.05) is 13.8 Å². The number of aryl methyl sites for hydroxylation is 2. The van der Waals surface area contributed by atoms with Gasteiger partial charge in [-0.2, -0.15) is 10.2 Å². The van der Waals surface area contributed by atoms with Crippen LogP contribution in [0.15, 0.2) is 6.07 Å². The van der Waals surface area contributed by atoms with Crippen molar-refractivity contribution >= 4 is 21.8 Å². The van der Waals surface area contributed by atoms with E-state index in [9.17, 15) is 4.79 Å². The molecule has 88 valence electrons. The fourth-order valence-corrected chi connectivity index (χ4v) is 1.93. The van der Waals surface area contributed by atoms with Crippen molar-refractivity contribution in [3.63, 3.8) is 0 Å². The van der Waals surface area contributed by atoms with Gasteiger partial charge in [-0.25, -0.2) is 0 Å². The Hall–Kier alpha value is -0.970. The molecule has 0 unspecified atom stereocenters. The first-order chi connectivity index (χ1) is 7.60. The number of aromatic nitrogens is 2. The van der Waals surface area contributed by atoms with E-state index in [0.717, 1.165) is 23.1 Å². The molecule has 16 heavy (non-hydrogen) atoms. The highest BCUT2D eigenvalue weighted by Crippen LogP contribution is 2.10. The number of hydrogen-bond acceptors (Lipinski definition) is 3. The molecule has 0 saturated heterocycles. The second-order valence-electron chi connectivity index (χ2n) is 3.62. The van der Waals surface area contributed by atoms with Gasteiger partial charge < -0.3 is 4.90 Å². The summed E-state index contributed by atoms with van der Waals surface area (Å²) in [5, 5.41) is 8.79. The summed E-state index contributed by atoms with van der Waals surface area (Å²) in [4.78, 5) is 13.8. The topological polar surface area (TPSA) is 46.1 Å². The van der Waals surface area contributed by atoms with E-state index in [4.69, 9.17) is 0 Å². The van der Waals surface area contributed by atoms with Crippen molar-refractivity contribution in [2.45, 2.75) is 20.3 Å². The first-order valence-electron chi connectivity index (χ1n) is 5.24. The minimum atomic E-state index is 0.00861. The van der Waals surface area contributed by atoms with Crippen LogP contribution in [0.5, 0.6) is 0 Å². The molecule has 0 fully saturated rings. The van der Waals surface area contributed by atoms with Gasteiger partial charge in [-0.15, -0.1) is 0 Å². The van der Waals surface area contributed by atoms with Crippen LogP contribution in [0.25, 0.3) is 0 Å². The number of alkyl halides is 1. The van der Waals surface area contributed by atoms with E-state index in [2.05, 4.69) is 26.1 Å². The molecule has 0 aliphatic heterocycles. The summed E-state index contributed by atoms with van der Waals surface area (Å²) in [6, 6.07) is 1.80. The van der Waals surface area contributed by atoms with Gasteiger partial charge in [0.15, 0.2) is 0 Å². The van der Waals surface area contributed by atoms with Gasteiger partial charge in [-0.1, -0.05) is 22.9 Å². The number of amides is 1. The van der Waals surface area contributed by atoms with Crippen LogP contribution in [-0.2, 0) is 6.42 Å². The molecule has 1 heterocycles. The second-order valence-corrected chi connectivity index (χ2v) is 4.41. The summed E-state index contributed by atoms with van der Waals surface area (Å²) >= 11 is 3.32. The third-order valence-electron chi connectivity index (χ3n) is 2.32. The fourth-order valence-electron chi connectivity index (χ4n) is 1.39. The first-order valence-corrected chi connectivity index (χ1v) is 6.37. The number of carbonyl (C=O) groups is 1. The number of halogens is 1. The number of hydrogen-bond donors (Lipinski definition) is 0. The average Bonchev–Trinajstić information content (AvgIpc) is 2.28. The number of rotatable bonds is 4. The SMILES string of the molecule is CCc1nnc(C)cc1C(=O)N(C)CCBr. The molecular formula is C11H16BrN3O. The van der Waals surface area contributed by atoms with E-state index in [0.29, 0.717) is 12.1 Å². The largest absolute Gasteiger partial charge is 0.341 e. The Labute approximate surface area is 104 Å². The lowest BCUT2D eigenvalue weighted by Crippen LogP contribution is -2.29. The number of nitrogens with zero attached hydrogens (tertiary/aromatic N) is 3. The van der Waals surface area contributed by atoms with Crippen LogP contribution in [0, 0.1) is 6.92 Å². The van der Waals surface area contributed by atoms with Crippen LogP contribution >= 0.6 is 15.9 Å². The molecule has 0 aliphatic rings. The minimum Gasteiger partial charge on any atom is -0.341 e. The van der Waals surface area contributed by atoms with Gasteiger partial charge in [0.2, 0.25) is 0 Å². The molecule has 4 nitrogen and oxygen atoms in total. The predicted octanol–water partition coefficient (Wildman–Crippen LogP) is 1.81. The molecule has 1 aromatic heterocycles. The van der Waals surface area contributed by atoms with Crippen LogP contribution < -0.4 is 0 Å². The van der Waals surface area contributed by atoms with Gasteiger partial charge in [0, 0.05) is 18.9 Å². The summed E-state index contributed by atoms with van der Waals surface area (Å²) in [7, 11) is 1.79. The van der Waals surface area contributed by atoms with Crippen molar-refractivity contribution in [3.05, 3.63) is 23.0 Å². The summed E-state index contributed by atoms with van der Waals surface area (Å²) in [6.45, 7) is 4.50. The van der Waals surface area contributed by atoms with E-state index in [1.54, 1.807) is 18.0 Å². The molecule has 0 bridgehead atoms. The summed E-state index contributed by atoms with van der Waals surface area (Å²) in [5.41, 5.74) is 2.20. The lowest BCUT2D eigenvalue weighted by atomic mass is 10.1. The second kappa shape index (κ2) is 5.94. The van der Waals surface area contributed by atoms with E-state index in [1.165, 1.54) is 0 Å². The zero-order chi connectivity index (χ0) is 12.1. The normalized spacial score (nSPS) is 10.2. The standard InChI is InChI=1S/C11H16BrN3O/c1-4-10-9(7-8(2)13-14-10)11(16)15(3)6-5-12/h7H,4-6H2,1-3H3. The Balaban J connectivity index is 3.01. The zero-order valence-electron chi connectivity index (χ0n) is 9.83. The molecule has 0 aromatic carbocycles. The molecule has 1 amide bonds. The van der Waals surface area contributed by atoms with Gasteiger partial charge in [-0.05, 0) is 19.4 Å². The molecule has 1 aromatic rings.